The first-order chi connectivity index (χ1) is 9.05. The molecule has 0 aliphatic heterocycles. The number of carboxylic acid groups (broad SMARTS) is 3. The van der Waals surface area contributed by atoms with Crippen LogP contribution in [-0.4, -0.2) is 56.8 Å². The summed E-state index contributed by atoms with van der Waals surface area (Å²) in [6.07, 6.45) is -0.998. The minimum atomic E-state index is -4.62. The summed E-state index contributed by atoms with van der Waals surface area (Å²) >= 11 is 0. The van der Waals surface area contributed by atoms with Gasteiger partial charge >= 0.3 is 25.7 Å². The number of nitrogens with two attached hydrogens (primary N) is 1. The van der Waals surface area contributed by atoms with Gasteiger partial charge in [0.25, 0.3) is 0 Å². The first-order valence-electron chi connectivity index (χ1n) is 5.23. The van der Waals surface area contributed by atoms with E-state index in [9.17, 15) is 23.8 Å². The summed E-state index contributed by atoms with van der Waals surface area (Å²) in [5.74, 6) is -4.29. The van der Waals surface area contributed by atoms with Gasteiger partial charge in [0.1, 0.15) is 12.1 Å². The van der Waals surface area contributed by atoms with E-state index in [1.165, 1.54) is 0 Å². The van der Waals surface area contributed by atoms with Gasteiger partial charge in [0.15, 0.2) is 0 Å². The second kappa shape index (κ2) is 7.92. The number of rotatable bonds is 10. The molecule has 0 spiro atoms. The second-order valence-electron chi connectivity index (χ2n) is 3.71. The van der Waals surface area contributed by atoms with Crippen LogP contribution in [0.5, 0.6) is 0 Å². The number of hydrogen-bond donors (Lipinski definition) is 6. The third kappa shape index (κ3) is 7.81. The molecule has 11 nitrogen and oxygen atoms in total. The molecular weight excluding hydrogens is 299 g/mol. The fourth-order valence-electron chi connectivity index (χ4n) is 0.998. The molecule has 0 bridgehead atoms. The van der Waals surface area contributed by atoms with Crippen LogP contribution in [0.4, 0.5) is 0 Å². The van der Waals surface area contributed by atoms with Crippen molar-refractivity contribution in [3.63, 3.8) is 0 Å². The summed E-state index contributed by atoms with van der Waals surface area (Å²) in [5, 5.41) is 27.3. The summed E-state index contributed by atoms with van der Waals surface area (Å²) in [4.78, 5) is 40.8. The molecule has 2 unspecified atom stereocenters. The van der Waals surface area contributed by atoms with Crippen LogP contribution in [0.2, 0.25) is 0 Å². The Labute approximate surface area is 112 Å². The van der Waals surface area contributed by atoms with Gasteiger partial charge in [-0.3, -0.25) is 18.9 Å². The first-order valence-corrected chi connectivity index (χ1v) is 6.81. The van der Waals surface area contributed by atoms with Gasteiger partial charge in [0.05, 0.1) is 6.61 Å². The summed E-state index contributed by atoms with van der Waals surface area (Å²) in [6.45, 7) is -0.818. The van der Waals surface area contributed by atoms with E-state index >= 15 is 0 Å². The smallest absolute Gasteiger partial charge is 0.403 e. The van der Waals surface area contributed by atoms with Crippen LogP contribution in [0.3, 0.4) is 0 Å². The lowest BCUT2D eigenvalue weighted by molar-refractivity contribution is -0.141. The highest BCUT2D eigenvalue weighted by Crippen LogP contribution is 2.37. The third-order valence-corrected chi connectivity index (χ3v) is 3.15. The van der Waals surface area contributed by atoms with Crippen LogP contribution < -0.4 is 10.8 Å². The molecule has 116 valence electrons. The molecular formula is C8H15N2O9P. The number of nitrogens with one attached hydrogen (secondary N) is 1. The Bertz CT molecular complexity index is 426. The quantitative estimate of drug-likeness (QED) is 0.254. The zero-order valence-corrected chi connectivity index (χ0v) is 11.0. The Balaban J connectivity index is 4.51. The van der Waals surface area contributed by atoms with E-state index in [1.54, 1.807) is 5.09 Å². The molecule has 7 N–H and O–H groups in total. The molecule has 0 aliphatic rings. The predicted molar refractivity (Wildman–Crippen MR) is 62.8 cm³/mol. The Morgan fingerprint density at radius 2 is 1.75 bits per heavy atom. The van der Waals surface area contributed by atoms with Crippen molar-refractivity contribution in [2.24, 2.45) is 5.73 Å². The van der Waals surface area contributed by atoms with Crippen molar-refractivity contribution in [1.82, 2.24) is 5.09 Å². The van der Waals surface area contributed by atoms with Crippen molar-refractivity contribution >= 4 is 25.7 Å². The molecule has 0 fully saturated rings. The highest BCUT2D eigenvalue weighted by Gasteiger charge is 2.30. The largest absolute Gasteiger partial charge is 0.481 e. The summed E-state index contributed by atoms with van der Waals surface area (Å²) in [6, 6.07) is -3.19. The van der Waals surface area contributed by atoms with E-state index in [4.69, 9.17) is 21.1 Å². The average molecular weight is 314 g/mol. The SMILES string of the molecule is NC(COP(=O)(O)N[C@@H](CCC(=O)O)C(=O)O)C(=O)O. The molecule has 0 aliphatic carbocycles. The number of aliphatic carboxylic acids is 3. The molecule has 0 aromatic rings. The topological polar surface area (TPSA) is 196 Å². The molecule has 12 heteroatoms. The van der Waals surface area contributed by atoms with Crippen LogP contribution in [0.25, 0.3) is 0 Å². The molecule has 0 saturated heterocycles. The van der Waals surface area contributed by atoms with Crippen LogP contribution in [-0.2, 0) is 23.5 Å². The van der Waals surface area contributed by atoms with Crippen molar-refractivity contribution in [3.05, 3.63) is 0 Å². The maximum atomic E-state index is 11.5. The van der Waals surface area contributed by atoms with E-state index < -0.39 is 57.2 Å². The van der Waals surface area contributed by atoms with Crippen LogP contribution in [0.15, 0.2) is 0 Å². The van der Waals surface area contributed by atoms with Crippen LogP contribution in [0.1, 0.15) is 12.8 Å². The highest BCUT2D eigenvalue weighted by atomic mass is 31.2. The van der Waals surface area contributed by atoms with E-state index in [2.05, 4.69) is 4.52 Å². The van der Waals surface area contributed by atoms with E-state index in [0.29, 0.717) is 0 Å². The summed E-state index contributed by atoms with van der Waals surface area (Å²) < 4.78 is 15.8. The normalized spacial score (nSPS) is 16.9. The Morgan fingerprint density at radius 1 is 1.20 bits per heavy atom. The van der Waals surface area contributed by atoms with Crippen LogP contribution >= 0.6 is 7.75 Å². The van der Waals surface area contributed by atoms with Gasteiger partial charge in [0.2, 0.25) is 0 Å². The molecule has 3 atom stereocenters. The van der Waals surface area contributed by atoms with Gasteiger partial charge in [-0.15, -0.1) is 0 Å². The van der Waals surface area contributed by atoms with Gasteiger partial charge in [-0.1, -0.05) is 0 Å². The molecule has 0 saturated carbocycles. The minimum Gasteiger partial charge on any atom is -0.481 e. The van der Waals surface area contributed by atoms with Gasteiger partial charge in [-0.25, -0.2) is 9.65 Å². The summed E-state index contributed by atoms with van der Waals surface area (Å²) in [7, 11) is -4.62. The van der Waals surface area contributed by atoms with Gasteiger partial charge in [0, 0.05) is 6.42 Å². The Morgan fingerprint density at radius 3 is 2.15 bits per heavy atom. The molecule has 0 amide bonds. The molecule has 20 heavy (non-hydrogen) atoms. The van der Waals surface area contributed by atoms with Crippen molar-refractivity contribution in [2.45, 2.75) is 24.9 Å². The van der Waals surface area contributed by atoms with Crippen molar-refractivity contribution < 1.29 is 43.7 Å². The number of carbonyl (C=O) groups is 3. The maximum absolute atomic E-state index is 11.5. The summed E-state index contributed by atoms with van der Waals surface area (Å²) in [5.41, 5.74) is 5.03. The second-order valence-corrected chi connectivity index (χ2v) is 5.27. The molecule has 0 heterocycles. The Kier molecular flexibility index (Phi) is 7.32. The predicted octanol–water partition coefficient (Wildman–Crippen LogP) is -1.58. The molecule has 0 radical (unpaired) electrons. The fraction of sp³-hybridized carbons (Fsp3) is 0.625. The van der Waals surface area contributed by atoms with E-state index in [0.717, 1.165) is 0 Å². The number of carboxylic acids is 3. The van der Waals surface area contributed by atoms with Gasteiger partial charge in [-0.05, 0) is 6.42 Å². The van der Waals surface area contributed by atoms with E-state index in [1.807, 2.05) is 0 Å². The fourth-order valence-corrected chi connectivity index (χ4v) is 2.07. The zero-order chi connectivity index (χ0) is 15.9. The van der Waals surface area contributed by atoms with Crippen LogP contribution in [0, 0.1) is 0 Å². The zero-order valence-electron chi connectivity index (χ0n) is 10.1. The lowest BCUT2D eigenvalue weighted by atomic mass is 10.2. The Hall–Kier alpha value is -1.52. The molecule has 0 aromatic heterocycles. The number of hydrogen-bond acceptors (Lipinski definition) is 6. The van der Waals surface area contributed by atoms with Gasteiger partial charge < -0.3 is 25.9 Å². The lowest BCUT2D eigenvalue weighted by Crippen LogP contribution is -2.38. The van der Waals surface area contributed by atoms with Crippen molar-refractivity contribution in [1.29, 1.82) is 0 Å². The molecule has 0 rings (SSSR count). The monoisotopic (exact) mass is 314 g/mol. The average Bonchev–Trinajstić information content (AvgIpc) is 2.30. The molecule has 0 aromatic carbocycles. The third-order valence-electron chi connectivity index (χ3n) is 2.01. The highest BCUT2D eigenvalue weighted by molar-refractivity contribution is 7.50. The minimum absolute atomic E-state index is 0.455. The lowest BCUT2D eigenvalue weighted by Gasteiger charge is -2.19. The standard InChI is InChI=1S/C8H15N2O9P/c9-4(7(13)14)3-19-20(17,18)10-5(8(15)16)1-2-6(11)12/h4-5H,1-3,9H2,(H,11,12)(H,13,14)(H,15,16)(H2,10,17,18)/t4?,5-/m0/s1. The first kappa shape index (κ1) is 18.5. The van der Waals surface area contributed by atoms with Gasteiger partial charge in [-0.2, -0.15) is 0 Å². The van der Waals surface area contributed by atoms with E-state index in [-0.39, 0.29) is 0 Å². The van der Waals surface area contributed by atoms with Crippen molar-refractivity contribution in [3.8, 4) is 0 Å². The van der Waals surface area contributed by atoms with Crippen molar-refractivity contribution in [2.75, 3.05) is 6.61 Å². The maximum Gasteiger partial charge on any atom is 0.403 e.